The molecule has 2 aromatic carbocycles. The van der Waals surface area contributed by atoms with E-state index in [-0.39, 0.29) is 30.0 Å². The normalized spacial score (nSPS) is 12.9. The molecule has 0 radical (unpaired) electrons. The summed E-state index contributed by atoms with van der Waals surface area (Å²) in [5, 5.41) is 3.20. The second-order valence-electron chi connectivity index (χ2n) is 6.49. The summed E-state index contributed by atoms with van der Waals surface area (Å²) in [6.07, 6.45) is -9.89. The fourth-order valence-corrected chi connectivity index (χ4v) is 2.91. The molecule has 0 atom stereocenters. The van der Waals surface area contributed by atoms with E-state index in [2.05, 4.69) is 26.3 Å². The quantitative estimate of drug-likeness (QED) is 0.255. The Morgan fingerprint density at radius 1 is 0.906 bits per heavy atom. The van der Waals surface area contributed by atoms with Crippen LogP contribution in [-0.4, -0.2) is 31.9 Å². The lowest BCUT2D eigenvalue weighted by molar-refractivity contribution is -0.275. The minimum Gasteiger partial charge on any atom is -0.406 e. The third-order valence-electron chi connectivity index (χ3n) is 4.20. The average molecular weight is 463 g/mol. The number of oxime groups is 1. The van der Waals surface area contributed by atoms with Crippen LogP contribution in [0.4, 0.5) is 26.3 Å². The molecule has 0 aliphatic heterocycles. The van der Waals surface area contributed by atoms with Crippen LogP contribution in [0.25, 0.3) is 0 Å². The molecule has 0 saturated heterocycles. The van der Waals surface area contributed by atoms with Gasteiger partial charge in [-0.05, 0) is 41.8 Å². The Morgan fingerprint density at radius 2 is 1.38 bits per heavy atom. The largest absolute Gasteiger partial charge is 0.573 e. The summed E-state index contributed by atoms with van der Waals surface area (Å²) in [7, 11) is 0. The van der Waals surface area contributed by atoms with Crippen LogP contribution in [-0.2, 0) is 10.4 Å². The summed E-state index contributed by atoms with van der Waals surface area (Å²) in [5.74, 6) is -0.927. The number of halogens is 6. The molecule has 0 spiro atoms. The van der Waals surface area contributed by atoms with Crippen LogP contribution in [0.3, 0.4) is 0 Å². The van der Waals surface area contributed by atoms with Crippen molar-refractivity contribution < 1.29 is 40.7 Å². The first-order valence-electron chi connectivity index (χ1n) is 8.98. The van der Waals surface area contributed by atoms with Crippen molar-refractivity contribution >= 4 is 12.6 Å². The number of aliphatic imine (C=N–C) groups is 1. The first-order chi connectivity index (χ1) is 14.8. The second kappa shape index (κ2) is 9.90. The number of hydrogen-bond donors (Lipinski definition) is 1. The van der Waals surface area contributed by atoms with Crippen LogP contribution in [0.15, 0.2) is 58.7 Å². The predicted molar refractivity (Wildman–Crippen MR) is 104 cm³/mol. The van der Waals surface area contributed by atoms with E-state index in [0.29, 0.717) is 0 Å². The first kappa shape index (κ1) is 25.0. The molecule has 2 aromatic rings. The maximum atomic E-state index is 12.6. The highest BCUT2D eigenvalue weighted by molar-refractivity contribution is 5.73. The van der Waals surface area contributed by atoms with E-state index in [9.17, 15) is 26.3 Å². The van der Waals surface area contributed by atoms with Gasteiger partial charge in [-0.1, -0.05) is 29.4 Å². The fourth-order valence-electron chi connectivity index (χ4n) is 2.91. The molecule has 12 heteroatoms. The molecule has 0 aliphatic carbocycles. The van der Waals surface area contributed by atoms with Crippen LogP contribution >= 0.6 is 0 Å². The molecule has 0 saturated carbocycles. The maximum absolute atomic E-state index is 12.6. The third kappa shape index (κ3) is 7.45. The molecular weight excluding hydrogens is 444 g/mol. The predicted octanol–water partition coefficient (Wildman–Crippen LogP) is 5.13. The standard InChI is InChI=1S/C20H19F6N3O3/c1-13(32-28-2)29-10-9-18(27,14-5-3-7-16(11-14)30-19(21,22)23)15-6-4-8-17(12-15)31-20(24,25)26/h3-8,11-12H,2,9-10,27H2,1H3. The smallest absolute Gasteiger partial charge is 0.406 e. The van der Waals surface area contributed by atoms with Gasteiger partial charge in [-0.25, -0.2) is 0 Å². The molecule has 32 heavy (non-hydrogen) atoms. The molecule has 2 N–H and O–H groups in total. The highest BCUT2D eigenvalue weighted by atomic mass is 19.4. The lowest BCUT2D eigenvalue weighted by Gasteiger charge is -2.31. The van der Waals surface area contributed by atoms with E-state index in [1.165, 1.54) is 31.2 Å². The minimum absolute atomic E-state index is 0.00651. The second-order valence-corrected chi connectivity index (χ2v) is 6.49. The van der Waals surface area contributed by atoms with Crippen LogP contribution in [0.5, 0.6) is 11.5 Å². The highest BCUT2D eigenvalue weighted by Crippen LogP contribution is 2.36. The Morgan fingerprint density at radius 3 is 1.78 bits per heavy atom. The molecule has 0 unspecified atom stereocenters. The Hall–Kier alpha value is -3.28. The summed E-state index contributed by atoms with van der Waals surface area (Å²) in [6.45, 7) is 4.64. The Bertz CT molecular complexity index is 901. The number of ether oxygens (including phenoxy) is 2. The van der Waals surface area contributed by atoms with E-state index in [1.807, 2.05) is 0 Å². The molecule has 0 heterocycles. The van der Waals surface area contributed by atoms with Gasteiger partial charge in [-0.3, -0.25) is 4.99 Å². The van der Waals surface area contributed by atoms with E-state index in [0.717, 1.165) is 24.3 Å². The number of nitrogens with zero attached hydrogens (tertiary/aromatic N) is 2. The molecule has 6 nitrogen and oxygen atoms in total. The monoisotopic (exact) mass is 463 g/mol. The number of nitrogens with two attached hydrogens (primary N) is 1. The van der Waals surface area contributed by atoms with Crippen molar-refractivity contribution in [2.45, 2.75) is 31.6 Å². The van der Waals surface area contributed by atoms with Crippen LogP contribution in [0.1, 0.15) is 24.5 Å². The molecule has 0 bridgehead atoms. The molecular formula is C20H19F6N3O3. The third-order valence-corrected chi connectivity index (χ3v) is 4.20. The van der Waals surface area contributed by atoms with Gasteiger partial charge in [0.25, 0.3) is 0 Å². The van der Waals surface area contributed by atoms with Crippen LogP contribution in [0, 0.1) is 0 Å². The van der Waals surface area contributed by atoms with Gasteiger partial charge in [0.05, 0.1) is 5.54 Å². The Balaban J connectivity index is 2.49. The van der Waals surface area contributed by atoms with Gasteiger partial charge in [0.15, 0.2) is 0 Å². The van der Waals surface area contributed by atoms with E-state index < -0.39 is 29.8 Å². The molecule has 0 aliphatic rings. The van der Waals surface area contributed by atoms with Crippen molar-refractivity contribution in [3.8, 4) is 11.5 Å². The molecule has 0 amide bonds. The summed E-state index contributed by atoms with van der Waals surface area (Å²) in [4.78, 5) is 8.82. The number of hydrogen-bond acceptors (Lipinski definition) is 6. The van der Waals surface area contributed by atoms with E-state index >= 15 is 0 Å². The summed E-state index contributed by atoms with van der Waals surface area (Å²) in [6, 6.07) is 9.70. The van der Waals surface area contributed by atoms with Gasteiger partial charge in [0.1, 0.15) is 11.5 Å². The van der Waals surface area contributed by atoms with Crippen molar-refractivity contribution in [1.82, 2.24) is 0 Å². The summed E-state index contributed by atoms with van der Waals surface area (Å²) in [5.41, 5.74) is 5.30. The van der Waals surface area contributed by atoms with E-state index in [4.69, 9.17) is 10.6 Å². The van der Waals surface area contributed by atoms with Gasteiger partial charge >= 0.3 is 12.7 Å². The van der Waals surface area contributed by atoms with Crippen molar-refractivity contribution in [3.63, 3.8) is 0 Å². The van der Waals surface area contributed by atoms with Gasteiger partial charge in [0.2, 0.25) is 5.90 Å². The van der Waals surface area contributed by atoms with Gasteiger partial charge < -0.3 is 20.0 Å². The fraction of sp³-hybridized carbons (Fsp3) is 0.300. The molecule has 174 valence electrons. The highest BCUT2D eigenvalue weighted by Gasteiger charge is 2.35. The summed E-state index contributed by atoms with van der Waals surface area (Å²) < 4.78 is 83.8. The molecule has 2 rings (SSSR count). The number of rotatable bonds is 8. The van der Waals surface area contributed by atoms with Gasteiger partial charge in [-0.2, -0.15) is 0 Å². The lowest BCUT2D eigenvalue weighted by atomic mass is 9.81. The van der Waals surface area contributed by atoms with E-state index in [1.54, 1.807) is 0 Å². The summed E-state index contributed by atoms with van der Waals surface area (Å²) >= 11 is 0. The van der Waals surface area contributed by atoms with Crippen molar-refractivity contribution in [3.05, 3.63) is 59.7 Å². The van der Waals surface area contributed by atoms with Crippen molar-refractivity contribution in [2.75, 3.05) is 6.54 Å². The molecule has 0 aromatic heterocycles. The van der Waals surface area contributed by atoms with Gasteiger partial charge in [-0.15, -0.1) is 26.3 Å². The average Bonchev–Trinajstić information content (AvgIpc) is 2.66. The van der Waals surface area contributed by atoms with Crippen molar-refractivity contribution in [1.29, 1.82) is 0 Å². The topological polar surface area (TPSA) is 78.4 Å². The zero-order chi connectivity index (χ0) is 24.0. The van der Waals surface area contributed by atoms with Crippen LogP contribution in [0.2, 0.25) is 0 Å². The lowest BCUT2D eigenvalue weighted by Crippen LogP contribution is -2.39. The zero-order valence-electron chi connectivity index (χ0n) is 16.7. The zero-order valence-corrected chi connectivity index (χ0v) is 16.7. The minimum atomic E-state index is -4.94. The van der Waals surface area contributed by atoms with Crippen LogP contribution < -0.4 is 15.2 Å². The number of benzene rings is 2. The van der Waals surface area contributed by atoms with Crippen molar-refractivity contribution in [2.24, 2.45) is 15.9 Å². The Labute approximate surface area is 179 Å². The molecule has 0 fully saturated rings. The SMILES string of the molecule is C=NOC(C)=NCCC(N)(c1cccc(OC(F)(F)F)c1)c1cccc(OC(F)(F)F)c1. The first-order valence-corrected chi connectivity index (χ1v) is 8.98. The number of alkyl halides is 6. The maximum Gasteiger partial charge on any atom is 0.573 e. The Kier molecular flexibility index (Phi) is 7.73. The van der Waals surface area contributed by atoms with Gasteiger partial charge in [0, 0.05) is 20.2 Å².